The zero-order chi connectivity index (χ0) is 15.3. The summed E-state index contributed by atoms with van der Waals surface area (Å²) < 4.78 is 40.5. The van der Waals surface area contributed by atoms with Crippen LogP contribution in [0, 0.1) is 17.7 Å². The van der Waals surface area contributed by atoms with Crippen molar-refractivity contribution in [2.24, 2.45) is 0 Å². The molecular formula is C15H18FNO3S. The normalized spacial score (nSPS) is 16.1. The van der Waals surface area contributed by atoms with E-state index in [4.69, 9.17) is 5.11 Å². The van der Waals surface area contributed by atoms with E-state index in [1.54, 1.807) is 0 Å². The van der Waals surface area contributed by atoms with E-state index in [9.17, 15) is 12.8 Å². The molecule has 0 spiro atoms. The van der Waals surface area contributed by atoms with E-state index in [1.165, 1.54) is 12.1 Å². The van der Waals surface area contributed by atoms with E-state index in [-0.39, 0.29) is 17.9 Å². The summed E-state index contributed by atoms with van der Waals surface area (Å²) >= 11 is 0. The summed E-state index contributed by atoms with van der Waals surface area (Å²) in [5.74, 6) is 4.46. The van der Waals surface area contributed by atoms with Gasteiger partial charge in [0.15, 0.2) is 0 Å². The van der Waals surface area contributed by atoms with Gasteiger partial charge in [-0.3, -0.25) is 4.72 Å². The third-order valence-corrected chi connectivity index (χ3v) is 5.38. The fourth-order valence-corrected chi connectivity index (χ4v) is 4.06. The van der Waals surface area contributed by atoms with Crippen molar-refractivity contribution in [3.63, 3.8) is 0 Å². The van der Waals surface area contributed by atoms with Crippen molar-refractivity contribution in [2.75, 3.05) is 11.3 Å². The molecule has 6 heteroatoms. The Balaban J connectivity index is 2.25. The van der Waals surface area contributed by atoms with Gasteiger partial charge in [0.25, 0.3) is 0 Å². The highest BCUT2D eigenvalue weighted by Crippen LogP contribution is 2.26. The van der Waals surface area contributed by atoms with Gasteiger partial charge < -0.3 is 5.11 Å². The van der Waals surface area contributed by atoms with Crippen LogP contribution in [0.1, 0.15) is 37.7 Å². The van der Waals surface area contributed by atoms with Crippen LogP contribution in [-0.4, -0.2) is 25.4 Å². The van der Waals surface area contributed by atoms with Crippen molar-refractivity contribution in [1.29, 1.82) is 0 Å². The summed E-state index contributed by atoms with van der Waals surface area (Å²) in [6.07, 6.45) is 4.18. The lowest BCUT2D eigenvalue weighted by atomic mass is 10.0. The number of halogens is 1. The number of sulfonamides is 1. The van der Waals surface area contributed by atoms with Crippen LogP contribution in [0.15, 0.2) is 18.2 Å². The molecule has 2 N–H and O–H groups in total. The third kappa shape index (κ3) is 4.19. The van der Waals surface area contributed by atoms with Crippen LogP contribution < -0.4 is 4.72 Å². The van der Waals surface area contributed by atoms with E-state index in [2.05, 4.69) is 16.6 Å². The number of benzene rings is 1. The average Bonchev–Trinajstić information content (AvgIpc) is 2.48. The third-order valence-electron chi connectivity index (χ3n) is 3.53. The smallest absolute Gasteiger partial charge is 0.235 e. The number of nitrogens with one attached hydrogen (secondary N) is 1. The Kier molecular flexibility index (Phi) is 5.21. The molecule has 21 heavy (non-hydrogen) atoms. The van der Waals surface area contributed by atoms with Crippen LogP contribution in [0.25, 0.3) is 0 Å². The molecule has 1 saturated carbocycles. The maximum absolute atomic E-state index is 13.3. The topological polar surface area (TPSA) is 66.4 Å². The molecule has 0 atom stereocenters. The van der Waals surface area contributed by atoms with Gasteiger partial charge in [0.05, 0.1) is 16.5 Å². The zero-order valence-corrected chi connectivity index (χ0v) is 12.4. The number of hydrogen-bond donors (Lipinski definition) is 2. The lowest BCUT2D eigenvalue weighted by molar-refractivity contribution is 0.350. The first kappa shape index (κ1) is 15.8. The van der Waals surface area contributed by atoms with Crippen molar-refractivity contribution in [3.05, 3.63) is 29.6 Å². The highest BCUT2D eigenvalue weighted by Gasteiger charge is 2.27. The molecule has 1 aliphatic rings. The number of aliphatic hydroxyl groups is 1. The molecular weight excluding hydrogens is 293 g/mol. The zero-order valence-electron chi connectivity index (χ0n) is 11.6. The molecule has 2 rings (SSSR count). The van der Waals surface area contributed by atoms with Gasteiger partial charge in [-0.1, -0.05) is 31.1 Å². The van der Waals surface area contributed by atoms with Gasteiger partial charge in [-0.05, 0) is 31.0 Å². The van der Waals surface area contributed by atoms with E-state index in [1.807, 2.05) is 0 Å². The molecule has 0 aliphatic heterocycles. The van der Waals surface area contributed by atoms with Crippen LogP contribution in [-0.2, 0) is 10.0 Å². The van der Waals surface area contributed by atoms with Crippen LogP contribution in [0.5, 0.6) is 0 Å². The fourth-order valence-electron chi connectivity index (χ4n) is 2.46. The second kappa shape index (κ2) is 6.92. The highest BCUT2D eigenvalue weighted by molar-refractivity contribution is 7.93. The Morgan fingerprint density at radius 2 is 2.00 bits per heavy atom. The summed E-state index contributed by atoms with van der Waals surface area (Å²) in [6, 6.07) is 3.70. The SMILES string of the molecule is O=S(=O)(Nc1ccc(F)cc1C#CCO)C1CCCCC1. The van der Waals surface area contributed by atoms with E-state index < -0.39 is 21.1 Å². The lowest BCUT2D eigenvalue weighted by Gasteiger charge is -2.22. The van der Waals surface area contributed by atoms with Crippen LogP contribution >= 0.6 is 0 Å². The molecule has 0 unspecified atom stereocenters. The number of anilines is 1. The molecule has 4 nitrogen and oxygen atoms in total. The van der Waals surface area contributed by atoms with Gasteiger partial charge in [-0.2, -0.15) is 0 Å². The van der Waals surface area contributed by atoms with E-state index in [0.717, 1.165) is 25.3 Å². The largest absolute Gasteiger partial charge is 0.384 e. The van der Waals surface area contributed by atoms with E-state index >= 15 is 0 Å². The van der Waals surface area contributed by atoms with Crippen LogP contribution in [0.2, 0.25) is 0 Å². The second-order valence-electron chi connectivity index (χ2n) is 5.06. The Morgan fingerprint density at radius 3 is 2.67 bits per heavy atom. The first-order chi connectivity index (χ1) is 10.0. The van der Waals surface area contributed by atoms with Gasteiger partial charge in [-0.15, -0.1) is 0 Å². The standard InChI is InChI=1S/C15H18FNO3S/c16-13-8-9-15(12(11-13)5-4-10-18)17-21(19,20)14-6-2-1-3-7-14/h8-9,11,14,17-18H,1-3,6-7,10H2. The molecule has 0 bridgehead atoms. The average molecular weight is 311 g/mol. The maximum Gasteiger partial charge on any atom is 0.235 e. The summed E-state index contributed by atoms with van der Waals surface area (Å²) in [6.45, 7) is -0.370. The molecule has 114 valence electrons. The minimum Gasteiger partial charge on any atom is -0.384 e. The fraction of sp³-hybridized carbons (Fsp3) is 0.467. The molecule has 1 fully saturated rings. The Morgan fingerprint density at radius 1 is 1.29 bits per heavy atom. The number of aliphatic hydroxyl groups excluding tert-OH is 1. The molecule has 1 aromatic rings. The van der Waals surface area contributed by atoms with Gasteiger partial charge in [0.1, 0.15) is 12.4 Å². The van der Waals surface area contributed by atoms with Crippen LogP contribution in [0.4, 0.5) is 10.1 Å². The van der Waals surface area contributed by atoms with Gasteiger partial charge in [0, 0.05) is 0 Å². The summed E-state index contributed by atoms with van der Waals surface area (Å²) in [5, 5.41) is 8.31. The predicted molar refractivity (Wildman–Crippen MR) is 79.8 cm³/mol. The summed E-state index contributed by atoms with van der Waals surface area (Å²) in [7, 11) is -3.50. The minimum atomic E-state index is -3.50. The summed E-state index contributed by atoms with van der Waals surface area (Å²) in [5.41, 5.74) is 0.478. The molecule has 0 saturated heterocycles. The number of hydrogen-bond acceptors (Lipinski definition) is 3. The van der Waals surface area contributed by atoms with Crippen molar-refractivity contribution in [2.45, 2.75) is 37.4 Å². The van der Waals surface area contributed by atoms with E-state index in [0.29, 0.717) is 12.8 Å². The Bertz CT molecular complexity index is 655. The second-order valence-corrected chi connectivity index (χ2v) is 7.02. The van der Waals surface area contributed by atoms with Crippen molar-refractivity contribution >= 4 is 15.7 Å². The molecule has 0 amide bonds. The highest BCUT2D eigenvalue weighted by atomic mass is 32.2. The molecule has 0 heterocycles. The Labute approximate surface area is 124 Å². The first-order valence-electron chi connectivity index (χ1n) is 6.94. The first-order valence-corrected chi connectivity index (χ1v) is 8.48. The van der Waals surface area contributed by atoms with Crippen molar-refractivity contribution < 1.29 is 17.9 Å². The molecule has 1 aliphatic carbocycles. The molecule has 0 aromatic heterocycles. The lowest BCUT2D eigenvalue weighted by Crippen LogP contribution is -2.30. The monoisotopic (exact) mass is 311 g/mol. The maximum atomic E-state index is 13.3. The van der Waals surface area contributed by atoms with Crippen molar-refractivity contribution in [3.8, 4) is 11.8 Å². The van der Waals surface area contributed by atoms with Gasteiger partial charge >= 0.3 is 0 Å². The Hall–Kier alpha value is -1.58. The molecule has 1 aromatic carbocycles. The predicted octanol–water partition coefficient (Wildman–Crippen LogP) is 2.24. The van der Waals surface area contributed by atoms with Gasteiger partial charge in [0.2, 0.25) is 10.0 Å². The summed E-state index contributed by atoms with van der Waals surface area (Å²) in [4.78, 5) is 0. The molecule has 0 radical (unpaired) electrons. The van der Waals surface area contributed by atoms with Gasteiger partial charge in [-0.25, -0.2) is 12.8 Å². The number of rotatable bonds is 3. The minimum absolute atomic E-state index is 0.225. The van der Waals surface area contributed by atoms with Crippen molar-refractivity contribution in [1.82, 2.24) is 0 Å². The van der Waals surface area contributed by atoms with Crippen LogP contribution in [0.3, 0.4) is 0 Å². The quantitative estimate of drug-likeness (QED) is 0.841.